The SMILES string of the molecule is NNC(=O)c1ccc(Cc2ccc(C(=O)NN)cc2)cc1. The predicted octanol–water partition coefficient (Wildman–Crippen LogP) is 0.484. The summed E-state index contributed by atoms with van der Waals surface area (Å²) in [4.78, 5) is 22.7. The molecule has 108 valence electrons. The van der Waals surface area contributed by atoms with Gasteiger partial charge < -0.3 is 0 Å². The Hall–Kier alpha value is -2.70. The Labute approximate surface area is 122 Å². The Morgan fingerprint density at radius 3 is 1.33 bits per heavy atom. The second-order valence-electron chi connectivity index (χ2n) is 4.52. The smallest absolute Gasteiger partial charge is 0.265 e. The topological polar surface area (TPSA) is 110 Å². The van der Waals surface area contributed by atoms with Crippen LogP contribution in [0.15, 0.2) is 48.5 Å². The van der Waals surface area contributed by atoms with Crippen molar-refractivity contribution in [1.82, 2.24) is 10.9 Å². The standard InChI is InChI=1S/C15H16N4O2/c16-18-14(20)12-5-1-10(2-6-12)9-11-3-7-13(8-4-11)15(21)19-17/h1-8H,9,16-17H2,(H,18,20)(H,19,21). The van der Waals surface area contributed by atoms with E-state index in [0.29, 0.717) is 17.5 Å². The van der Waals surface area contributed by atoms with E-state index in [2.05, 4.69) is 10.9 Å². The van der Waals surface area contributed by atoms with Gasteiger partial charge in [-0.2, -0.15) is 0 Å². The van der Waals surface area contributed by atoms with Crippen LogP contribution in [0.1, 0.15) is 31.8 Å². The summed E-state index contributed by atoms with van der Waals surface area (Å²) in [6.45, 7) is 0. The molecule has 0 bridgehead atoms. The van der Waals surface area contributed by atoms with Crippen molar-refractivity contribution in [2.75, 3.05) is 0 Å². The number of rotatable bonds is 4. The van der Waals surface area contributed by atoms with Crippen LogP contribution in [0.3, 0.4) is 0 Å². The van der Waals surface area contributed by atoms with Gasteiger partial charge in [0.25, 0.3) is 11.8 Å². The molecule has 0 aliphatic heterocycles. The minimum Gasteiger partial charge on any atom is -0.290 e. The van der Waals surface area contributed by atoms with Crippen molar-refractivity contribution < 1.29 is 9.59 Å². The third-order valence-corrected chi connectivity index (χ3v) is 3.10. The number of carbonyl (C=O) groups is 2. The lowest BCUT2D eigenvalue weighted by molar-refractivity contribution is 0.0945. The predicted molar refractivity (Wildman–Crippen MR) is 79.0 cm³/mol. The number of carbonyl (C=O) groups excluding carboxylic acids is 2. The lowest BCUT2D eigenvalue weighted by atomic mass is 10.0. The van der Waals surface area contributed by atoms with Gasteiger partial charge in [-0.15, -0.1) is 0 Å². The minimum absolute atomic E-state index is 0.321. The van der Waals surface area contributed by atoms with Gasteiger partial charge in [0, 0.05) is 11.1 Å². The van der Waals surface area contributed by atoms with Gasteiger partial charge in [-0.1, -0.05) is 24.3 Å². The largest absolute Gasteiger partial charge is 0.290 e. The van der Waals surface area contributed by atoms with Crippen LogP contribution in [0.5, 0.6) is 0 Å². The van der Waals surface area contributed by atoms with Crippen molar-refractivity contribution in [1.29, 1.82) is 0 Å². The van der Waals surface area contributed by atoms with Gasteiger partial charge in [0.15, 0.2) is 0 Å². The summed E-state index contributed by atoms with van der Waals surface area (Å²) >= 11 is 0. The van der Waals surface area contributed by atoms with Crippen molar-refractivity contribution in [3.8, 4) is 0 Å². The first kappa shape index (κ1) is 14.7. The molecule has 2 aromatic carbocycles. The fourth-order valence-electron chi connectivity index (χ4n) is 1.95. The molecule has 0 saturated heterocycles. The molecule has 0 saturated carbocycles. The average Bonchev–Trinajstić information content (AvgIpc) is 2.55. The maximum absolute atomic E-state index is 11.3. The van der Waals surface area contributed by atoms with Gasteiger partial charge in [0.2, 0.25) is 0 Å². The molecule has 0 radical (unpaired) electrons. The van der Waals surface area contributed by atoms with E-state index in [-0.39, 0.29) is 11.8 Å². The van der Waals surface area contributed by atoms with Crippen LogP contribution in [0.2, 0.25) is 0 Å². The number of hydrogen-bond acceptors (Lipinski definition) is 4. The number of amides is 2. The van der Waals surface area contributed by atoms with E-state index in [1.807, 2.05) is 24.3 Å². The number of hydrazine groups is 2. The van der Waals surface area contributed by atoms with Crippen LogP contribution in [-0.2, 0) is 6.42 Å². The van der Waals surface area contributed by atoms with Crippen LogP contribution in [-0.4, -0.2) is 11.8 Å². The first-order chi connectivity index (χ1) is 10.1. The van der Waals surface area contributed by atoms with Gasteiger partial charge >= 0.3 is 0 Å². The number of nitrogen functional groups attached to an aromatic ring is 2. The zero-order chi connectivity index (χ0) is 15.2. The Morgan fingerprint density at radius 2 is 1.05 bits per heavy atom. The minimum atomic E-state index is -0.321. The first-order valence-corrected chi connectivity index (χ1v) is 6.34. The zero-order valence-electron chi connectivity index (χ0n) is 11.3. The Morgan fingerprint density at radius 1 is 0.714 bits per heavy atom. The molecule has 6 nitrogen and oxygen atoms in total. The van der Waals surface area contributed by atoms with Gasteiger partial charge in [-0.25, -0.2) is 11.7 Å². The Kier molecular flexibility index (Phi) is 4.65. The second kappa shape index (κ2) is 6.65. The van der Waals surface area contributed by atoms with Crippen molar-refractivity contribution >= 4 is 11.8 Å². The average molecular weight is 284 g/mol. The molecule has 0 spiro atoms. The van der Waals surface area contributed by atoms with Crippen molar-refractivity contribution in [3.63, 3.8) is 0 Å². The maximum Gasteiger partial charge on any atom is 0.265 e. The highest BCUT2D eigenvalue weighted by molar-refractivity contribution is 5.94. The van der Waals surface area contributed by atoms with Gasteiger partial charge in [-0.05, 0) is 41.8 Å². The van der Waals surface area contributed by atoms with Gasteiger partial charge in [-0.3, -0.25) is 20.4 Å². The monoisotopic (exact) mass is 284 g/mol. The van der Waals surface area contributed by atoms with Crippen molar-refractivity contribution in [2.45, 2.75) is 6.42 Å². The van der Waals surface area contributed by atoms with Gasteiger partial charge in [0.1, 0.15) is 0 Å². The molecule has 0 aliphatic carbocycles. The molecular formula is C15H16N4O2. The molecule has 0 unspecified atom stereocenters. The second-order valence-corrected chi connectivity index (χ2v) is 4.52. The van der Waals surface area contributed by atoms with Crippen molar-refractivity contribution in [2.24, 2.45) is 11.7 Å². The first-order valence-electron chi connectivity index (χ1n) is 6.34. The van der Waals surface area contributed by atoms with Crippen LogP contribution in [0, 0.1) is 0 Å². The normalized spacial score (nSPS) is 10.0. The molecule has 21 heavy (non-hydrogen) atoms. The van der Waals surface area contributed by atoms with Crippen LogP contribution in [0.25, 0.3) is 0 Å². The lowest BCUT2D eigenvalue weighted by Crippen LogP contribution is -2.29. The molecule has 0 aromatic heterocycles. The Balaban J connectivity index is 2.08. The number of benzene rings is 2. The molecule has 0 aliphatic rings. The number of hydrogen-bond donors (Lipinski definition) is 4. The Bertz CT molecular complexity index is 578. The third kappa shape index (κ3) is 3.65. The third-order valence-electron chi connectivity index (χ3n) is 3.10. The summed E-state index contributed by atoms with van der Waals surface area (Å²) in [5, 5.41) is 0. The number of nitrogens with one attached hydrogen (secondary N) is 2. The molecule has 6 N–H and O–H groups in total. The zero-order valence-corrected chi connectivity index (χ0v) is 11.3. The highest BCUT2D eigenvalue weighted by Crippen LogP contribution is 2.12. The highest BCUT2D eigenvalue weighted by Gasteiger charge is 2.05. The molecular weight excluding hydrogens is 268 g/mol. The summed E-state index contributed by atoms with van der Waals surface area (Å²) in [6, 6.07) is 14.3. The van der Waals surface area contributed by atoms with Gasteiger partial charge in [0.05, 0.1) is 0 Å². The van der Waals surface area contributed by atoms with Crippen molar-refractivity contribution in [3.05, 3.63) is 70.8 Å². The van der Waals surface area contributed by atoms with E-state index >= 15 is 0 Å². The van der Waals surface area contributed by atoms with E-state index in [0.717, 1.165) is 11.1 Å². The molecule has 0 fully saturated rings. The van der Waals surface area contributed by atoms with E-state index < -0.39 is 0 Å². The van der Waals surface area contributed by atoms with Crippen LogP contribution < -0.4 is 22.5 Å². The van der Waals surface area contributed by atoms with Crippen LogP contribution >= 0.6 is 0 Å². The molecule has 2 aromatic rings. The molecule has 0 atom stereocenters. The summed E-state index contributed by atoms with van der Waals surface area (Å²) in [7, 11) is 0. The molecule has 2 amide bonds. The summed E-state index contributed by atoms with van der Waals surface area (Å²) in [6.07, 6.45) is 0.703. The summed E-state index contributed by atoms with van der Waals surface area (Å²) < 4.78 is 0. The fraction of sp³-hybridized carbons (Fsp3) is 0.0667. The quantitative estimate of drug-likeness (QED) is 0.372. The van der Waals surface area contributed by atoms with E-state index in [4.69, 9.17) is 11.7 Å². The van der Waals surface area contributed by atoms with E-state index in [1.54, 1.807) is 24.3 Å². The molecule has 2 rings (SSSR count). The highest BCUT2D eigenvalue weighted by atomic mass is 16.2. The summed E-state index contributed by atoms with van der Waals surface area (Å²) in [5.41, 5.74) is 7.30. The van der Waals surface area contributed by atoms with E-state index in [9.17, 15) is 9.59 Å². The summed E-state index contributed by atoms with van der Waals surface area (Å²) in [5.74, 6) is 9.51. The number of nitrogens with two attached hydrogens (primary N) is 2. The maximum atomic E-state index is 11.3. The lowest BCUT2D eigenvalue weighted by Gasteiger charge is -2.05. The van der Waals surface area contributed by atoms with Crippen LogP contribution in [0.4, 0.5) is 0 Å². The molecule has 6 heteroatoms. The molecule has 0 heterocycles. The fourth-order valence-corrected chi connectivity index (χ4v) is 1.95. The van der Waals surface area contributed by atoms with E-state index in [1.165, 1.54) is 0 Å².